The third-order valence-electron chi connectivity index (χ3n) is 4.25. The predicted molar refractivity (Wildman–Crippen MR) is 78.3 cm³/mol. The highest BCUT2D eigenvalue weighted by atomic mass is 16.5. The van der Waals surface area contributed by atoms with E-state index in [1.165, 1.54) is 4.68 Å². The van der Waals surface area contributed by atoms with Crippen LogP contribution in [0.5, 0.6) is 0 Å². The van der Waals surface area contributed by atoms with Gasteiger partial charge in [-0.2, -0.15) is 0 Å². The summed E-state index contributed by atoms with van der Waals surface area (Å²) in [7, 11) is 0. The first-order chi connectivity index (χ1) is 10.1. The topological polar surface area (TPSA) is 95.1 Å². The van der Waals surface area contributed by atoms with E-state index in [1.54, 1.807) is 6.20 Å². The number of carbonyl (C=O) groups excluding carboxylic acids is 1. The normalized spacial score (nSPS) is 21.2. The smallest absolute Gasteiger partial charge is 0.242 e. The predicted octanol–water partition coefficient (Wildman–Crippen LogP) is 0.591. The van der Waals surface area contributed by atoms with Gasteiger partial charge in [-0.25, -0.2) is 4.68 Å². The molecule has 2 rings (SSSR count). The minimum atomic E-state index is -0.0871. The molecule has 0 spiro atoms. The molecule has 1 aromatic rings. The Balaban J connectivity index is 1.87. The zero-order valence-corrected chi connectivity index (χ0v) is 12.8. The summed E-state index contributed by atoms with van der Waals surface area (Å²) in [5, 5.41) is 10.8. The van der Waals surface area contributed by atoms with E-state index in [4.69, 9.17) is 10.5 Å². The fraction of sp³-hybridized carbons (Fsp3) is 0.786. The molecular formula is C14H25N5O2. The largest absolute Gasteiger partial charge is 0.375 e. The Morgan fingerprint density at radius 3 is 2.95 bits per heavy atom. The first-order valence-electron chi connectivity index (χ1n) is 7.63. The van der Waals surface area contributed by atoms with E-state index in [1.807, 2.05) is 0 Å². The number of amides is 1. The van der Waals surface area contributed by atoms with Crippen molar-refractivity contribution in [3.63, 3.8) is 0 Å². The van der Waals surface area contributed by atoms with Crippen LogP contribution in [0.4, 0.5) is 0 Å². The van der Waals surface area contributed by atoms with Crippen LogP contribution in [0.1, 0.15) is 45.2 Å². The Bertz CT molecular complexity index is 470. The number of nitrogens with zero attached hydrogens (tertiary/aromatic N) is 3. The molecule has 1 amide bonds. The van der Waals surface area contributed by atoms with Crippen molar-refractivity contribution in [2.24, 2.45) is 5.73 Å². The third kappa shape index (κ3) is 4.01. The number of nitrogens with one attached hydrogen (secondary N) is 1. The van der Waals surface area contributed by atoms with Crippen molar-refractivity contribution < 1.29 is 9.53 Å². The average Bonchev–Trinajstić information content (AvgIpc) is 2.94. The summed E-state index contributed by atoms with van der Waals surface area (Å²) in [6.07, 6.45) is 5.37. The van der Waals surface area contributed by atoms with E-state index in [9.17, 15) is 4.79 Å². The molecule has 1 atom stereocenters. The Kier molecular flexibility index (Phi) is 5.30. The number of ether oxygens (including phenoxy) is 1. The lowest BCUT2D eigenvalue weighted by molar-refractivity contribution is -0.126. The SMILES string of the molecule is CCC1(CC)CC(NC(=O)Cn2cc(CN)nn2)CCO1. The Morgan fingerprint density at radius 2 is 2.33 bits per heavy atom. The Hall–Kier alpha value is -1.47. The van der Waals surface area contributed by atoms with Gasteiger partial charge in [0.15, 0.2) is 0 Å². The van der Waals surface area contributed by atoms with Crippen molar-refractivity contribution in [2.45, 2.75) is 64.3 Å². The zero-order valence-electron chi connectivity index (χ0n) is 12.8. The second-order valence-corrected chi connectivity index (χ2v) is 5.61. The van der Waals surface area contributed by atoms with Crippen molar-refractivity contribution in [1.29, 1.82) is 0 Å². The molecule has 0 saturated carbocycles. The number of rotatable bonds is 6. The van der Waals surface area contributed by atoms with Crippen LogP contribution >= 0.6 is 0 Å². The van der Waals surface area contributed by atoms with Gasteiger partial charge in [0.2, 0.25) is 5.91 Å². The van der Waals surface area contributed by atoms with Gasteiger partial charge in [0.1, 0.15) is 6.54 Å². The number of carbonyl (C=O) groups is 1. The van der Waals surface area contributed by atoms with Gasteiger partial charge in [0, 0.05) is 19.2 Å². The highest BCUT2D eigenvalue weighted by Crippen LogP contribution is 2.31. The molecule has 0 bridgehead atoms. The number of hydrogen-bond acceptors (Lipinski definition) is 5. The maximum absolute atomic E-state index is 12.1. The standard InChI is InChI=1S/C14H25N5O2/c1-3-14(4-2)7-11(5-6-21-14)16-13(20)10-19-9-12(8-15)17-18-19/h9,11H,3-8,10,15H2,1-2H3,(H,16,20). The summed E-state index contributed by atoms with van der Waals surface area (Å²) >= 11 is 0. The molecule has 7 nitrogen and oxygen atoms in total. The summed E-state index contributed by atoms with van der Waals surface area (Å²) in [5.74, 6) is -0.0449. The molecular weight excluding hydrogens is 270 g/mol. The van der Waals surface area contributed by atoms with Crippen molar-refractivity contribution in [2.75, 3.05) is 6.61 Å². The number of aromatic nitrogens is 3. The first kappa shape index (κ1) is 15.9. The summed E-state index contributed by atoms with van der Waals surface area (Å²) in [6, 6.07) is 0.170. The zero-order chi connectivity index (χ0) is 15.3. The third-order valence-corrected chi connectivity index (χ3v) is 4.25. The minimum Gasteiger partial charge on any atom is -0.375 e. The molecule has 0 aromatic carbocycles. The Morgan fingerprint density at radius 1 is 1.57 bits per heavy atom. The van der Waals surface area contributed by atoms with Gasteiger partial charge in [0.05, 0.1) is 17.5 Å². The maximum Gasteiger partial charge on any atom is 0.242 e. The molecule has 21 heavy (non-hydrogen) atoms. The van der Waals surface area contributed by atoms with Gasteiger partial charge in [-0.15, -0.1) is 5.10 Å². The van der Waals surface area contributed by atoms with Crippen LogP contribution in [-0.4, -0.2) is 39.2 Å². The van der Waals surface area contributed by atoms with Gasteiger partial charge in [-0.05, 0) is 25.7 Å². The molecule has 1 fully saturated rings. The highest BCUT2D eigenvalue weighted by molar-refractivity contribution is 5.75. The molecule has 3 N–H and O–H groups in total. The summed E-state index contributed by atoms with van der Waals surface area (Å²) in [6.45, 7) is 5.48. The molecule has 0 aliphatic carbocycles. The van der Waals surface area contributed by atoms with Crippen LogP contribution in [0.25, 0.3) is 0 Å². The quantitative estimate of drug-likeness (QED) is 0.801. The maximum atomic E-state index is 12.1. The van der Waals surface area contributed by atoms with Crippen LogP contribution in [0.15, 0.2) is 6.20 Å². The van der Waals surface area contributed by atoms with E-state index in [2.05, 4.69) is 29.5 Å². The number of nitrogens with two attached hydrogens (primary N) is 1. The molecule has 7 heteroatoms. The molecule has 1 aliphatic rings. The van der Waals surface area contributed by atoms with Crippen LogP contribution in [-0.2, 0) is 22.6 Å². The average molecular weight is 295 g/mol. The Labute approximate surface area is 125 Å². The van der Waals surface area contributed by atoms with Gasteiger partial charge in [-0.3, -0.25) is 4.79 Å². The second kappa shape index (κ2) is 7.00. The summed E-state index contributed by atoms with van der Waals surface area (Å²) in [5.41, 5.74) is 6.07. The highest BCUT2D eigenvalue weighted by Gasteiger charge is 2.34. The molecule has 2 heterocycles. The lowest BCUT2D eigenvalue weighted by atomic mass is 9.86. The monoisotopic (exact) mass is 295 g/mol. The van der Waals surface area contributed by atoms with Crippen LogP contribution in [0.3, 0.4) is 0 Å². The van der Waals surface area contributed by atoms with E-state index < -0.39 is 0 Å². The van der Waals surface area contributed by atoms with Crippen LogP contribution < -0.4 is 11.1 Å². The van der Waals surface area contributed by atoms with Crippen molar-refractivity contribution in [3.8, 4) is 0 Å². The lowest BCUT2D eigenvalue weighted by Gasteiger charge is -2.40. The van der Waals surface area contributed by atoms with Crippen LogP contribution in [0.2, 0.25) is 0 Å². The summed E-state index contributed by atoms with van der Waals surface area (Å²) < 4.78 is 7.44. The van der Waals surface area contributed by atoms with E-state index in [0.29, 0.717) is 18.8 Å². The first-order valence-corrected chi connectivity index (χ1v) is 7.63. The van der Waals surface area contributed by atoms with Gasteiger partial charge in [0.25, 0.3) is 0 Å². The fourth-order valence-electron chi connectivity index (χ4n) is 2.82. The molecule has 1 aliphatic heterocycles. The molecule has 1 saturated heterocycles. The molecule has 118 valence electrons. The van der Waals surface area contributed by atoms with Crippen molar-refractivity contribution in [3.05, 3.63) is 11.9 Å². The van der Waals surface area contributed by atoms with Crippen LogP contribution in [0, 0.1) is 0 Å². The van der Waals surface area contributed by atoms with Gasteiger partial charge in [-0.1, -0.05) is 19.1 Å². The number of hydrogen-bond donors (Lipinski definition) is 2. The lowest BCUT2D eigenvalue weighted by Crippen LogP contribution is -2.48. The molecule has 1 unspecified atom stereocenters. The fourth-order valence-corrected chi connectivity index (χ4v) is 2.82. The molecule has 1 aromatic heterocycles. The molecule has 0 radical (unpaired) electrons. The second-order valence-electron chi connectivity index (χ2n) is 5.61. The van der Waals surface area contributed by atoms with E-state index >= 15 is 0 Å². The minimum absolute atomic E-state index is 0.0449. The summed E-state index contributed by atoms with van der Waals surface area (Å²) in [4.78, 5) is 12.1. The van der Waals surface area contributed by atoms with E-state index in [0.717, 1.165) is 25.7 Å². The van der Waals surface area contributed by atoms with Crippen molar-refractivity contribution >= 4 is 5.91 Å². The van der Waals surface area contributed by atoms with E-state index in [-0.39, 0.29) is 24.1 Å². The van der Waals surface area contributed by atoms with Gasteiger partial charge < -0.3 is 15.8 Å². The van der Waals surface area contributed by atoms with Crippen molar-refractivity contribution in [1.82, 2.24) is 20.3 Å². The van der Waals surface area contributed by atoms with Gasteiger partial charge >= 0.3 is 0 Å².